The first-order valence-electron chi connectivity index (χ1n) is 7.62. The quantitative estimate of drug-likeness (QED) is 0.793. The van der Waals surface area contributed by atoms with Gasteiger partial charge in [0.1, 0.15) is 0 Å². The number of benzene rings is 1. The minimum absolute atomic E-state index is 0.437. The molecule has 1 heterocycles. The maximum Gasteiger partial charge on any atom is 0.0371 e. The molecule has 1 saturated heterocycles. The molecule has 1 aliphatic heterocycles. The predicted octanol–water partition coefficient (Wildman–Crippen LogP) is 4.68. The molecular weight excluding hydrogens is 312 g/mol. The summed E-state index contributed by atoms with van der Waals surface area (Å²) in [6.07, 6.45) is 3.97. The van der Waals surface area contributed by atoms with Crippen LogP contribution in [0.25, 0.3) is 0 Å². The molecule has 0 aliphatic carbocycles. The van der Waals surface area contributed by atoms with Gasteiger partial charge in [0, 0.05) is 16.7 Å². The summed E-state index contributed by atoms with van der Waals surface area (Å²) in [6, 6.07) is 6.23. The van der Waals surface area contributed by atoms with Crippen molar-refractivity contribution in [2.75, 3.05) is 18.8 Å². The minimum Gasteiger partial charge on any atom is -0.398 e. The molecule has 0 radical (unpaired) electrons. The topological polar surface area (TPSA) is 29.3 Å². The van der Waals surface area contributed by atoms with Gasteiger partial charge < -0.3 is 5.73 Å². The van der Waals surface area contributed by atoms with E-state index in [9.17, 15) is 0 Å². The van der Waals surface area contributed by atoms with Crippen LogP contribution in [0.5, 0.6) is 0 Å². The van der Waals surface area contributed by atoms with E-state index in [0.717, 1.165) is 22.6 Å². The van der Waals surface area contributed by atoms with Gasteiger partial charge >= 0.3 is 0 Å². The number of nitrogens with zero attached hydrogens (tertiary/aromatic N) is 1. The summed E-state index contributed by atoms with van der Waals surface area (Å²) in [5, 5.41) is 0. The molecule has 1 aliphatic rings. The lowest BCUT2D eigenvalue weighted by molar-refractivity contribution is 0.206. The van der Waals surface area contributed by atoms with Gasteiger partial charge in [0.15, 0.2) is 0 Å². The molecule has 112 valence electrons. The lowest BCUT2D eigenvalue weighted by Gasteiger charge is -2.29. The minimum atomic E-state index is 0.437. The Hall–Kier alpha value is -0.540. The number of halogens is 1. The van der Waals surface area contributed by atoms with E-state index in [1.54, 1.807) is 0 Å². The molecule has 0 amide bonds. The van der Waals surface area contributed by atoms with Gasteiger partial charge in [0.25, 0.3) is 0 Å². The third-order valence-corrected chi connectivity index (χ3v) is 5.04. The highest BCUT2D eigenvalue weighted by molar-refractivity contribution is 9.10. The summed E-state index contributed by atoms with van der Waals surface area (Å²) in [5.41, 5.74) is 8.71. The molecule has 3 heteroatoms. The molecule has 0 saturated carbocycles. The summed E-state index contributed by atoms with van der Waals surface area (Å²) in [4.78, 5) is 2.56. The summed E-state index contributed by atoms with van der Waals surface area (Å²) in [6.45, 7) is 10.5. The molecule has 1 fully saturated rings. The van der Waals surface area contributed by atoms with Crippen LogP contribution in [0.15, 0.2) is 22.7 Å². The molecule has 2 N–H and O–H groups in total. The third kappa shape index (κ3) is 4.23. The number of likely N-dealkylation sites (tertiary alicyclic amines) is 1. The third-order valence-electron chi connectivity index (χ3n) is 4.55. The maximum absolute atomic E-state index is 6.12. The van der Waals surface area contributed by atoms with Gasteiger partial charge in [-0.1, -0.05) is 42.8 Å². The Morgan fingerprint density at radius 3 is 2.65 bits per heavy atom. The Balaban J connectivity index is 1.97. The Morgan fingerprint density at radius 2 is 2.00 bits per heavy atom. The number of nitrogens with two attached hydrogens (primary N) is 1. The fourth-order valence-corrected chi connectivity index (χ4v) is 3.51. The fraction of sp³-hybridized carbons (Fsp3) is 0.647. The van der Waals surface area contributed by atoms with Crippen molar-refractivity contribution in [2.24, 2.45) is 11.3 Å². The van der Waals surface area contributed by atoms with E-state index in [2.05, 4.69) is 53.7 Å². The van der Waals surface area contributed by atoms with E-state index in [1.807, 2.05) is 6.07 Å². The molecule has 0 bridgehead atoms. The number of nitrogen functional groups attached to an aromatic ring is 1. The number of anilines is 1. The average Bonchev–Trinajstić information content (AvgIpc) is 2.58. The van der Waals surface area contributed by atoms with Gasteiger partial charge in [-0.05, 0) is 61.4 Å². The highest BCUT2D eigenvalue weighted by atomic mass is 79.9. The van der Waals surface area contributed by atoms with Crippen LogP contribution in [0.2, 0.25) is 0 Å². The van der Waals surface area contributed by atoms with Crippen molar-refractivity contribution >= 4 is 21.6 Å². The van der Waals surface area contributed by atoms with Gasteiger partial charge in [-0.2, -0.15) is 0 Å². The fourth-order valence-electron chi connectivity index (χ4n) is 3.13. The van der Waals surface area contributed by atoms with Crippen molar-refractivity contribution < 1.29 is 0 Å². The first-order valence-corrected chi connectivity index (χ1v) is 8.42. The van der Waals surface area contributed by atoms with Crippen LogP contribution in [-0.2, 0) is 6.54 Å². The van der Waals surface area contributed by atoms with E-state index in [-0.39, 0.29) is 0 Å². The molecule has 20 heavy (non-hydrogen) atoms. The van der Waals surface area contributed by atoms with Crippen molar-refractivity contribution in [2.45, 2.75) is 46.6 Å². The summed E-state index contributed by atoms with van der Waals surface area (Å²) in [7, 11) is 0. The zero-order chi connectivity index (χ0) is 14.8. The molecule has 0 spiro atoms. The highest BCUT2D eigenvalue weighted by Gasteiger charge is 2.27. The van der Waals surface area contributed by atoms with E-state index < -0.39 is 0 Å². The summed E-state index contributed by atoms with van der Waals surface area (Å²) >= 11 is 3.47. The molecule has 1 aromatic carbocycles. The molecule has 1 aromatic rings. The van der Waals surface area contributed by atoms with Crippen molar-refractivity contribution in [1.82, 2.24) is 4.90 Å². The zero-order valence-electron chi connectivity index (χ0n) is 13.0. The van der Waals surface area contributed by atoms with Gasteiger partial charge in [0.05, 0.1) is 0 Å². The van der Waals surface area contributed by atoms with Gasteiger partial charge in [-0.25, -0.2) is 0 Å². The standard InChI is InChI=1S/C17H27BrN2/c1-17(2,3)14-5-4-9-20(10-8-14)12-13-6-7-15(18)11-16(13)19/h6-7,11,14H,4-5,8-10,12,19H2,1-3H3. The van der Waals surface area contributed by atoms with Crippen molar-refractivity contribution in [3.8, 4) is 0 Å². The van der Waals surface area contributed by atoms with Gasteiger partial charge in [-0.3, -0.25) is 4.90 Å². The van der Waals surface area contributed by atoms with Crippen LogP contribution in [0.4, 0.5) is 5.69 Å². The van der Waals surface area contributed by atoms with Crippen LogP contribution in [0.1, 0.15) is 45.6 Å². The maximum atomic E-state index is 6.12. The number of hydrogen-bond donors (Lipinski definition) is 1. The highest BCUT2D eigenvalue weighted by Crippen LogP contribution is 2.34. The smallest absolute Gasteiger partial charge is 0.0371 e. The molecule has 1 atom stereocenters. The predicted molar refractivity (Wildman–Crippen MR) is 90.6 cm³/mol. The first kappa shape index (κ1) is 15.8. The van der Waals surface area contributed by atoms with Crippen molar-refractivity contribution in [3.05, 3.63) is 28.2 Å². The number of rotatable bonds is 2. The second-order valence-electron chi connectivity index (χ2n) is 7.11. The normalized spacial score (nSPS) is 21.7. The lowest BCUT2D eigenvalue weighted by atomic mass is 9.77. The van der Waals surface area contributed by atoms with Crippen LogP contribution in [0, 0.1) is 11.3 Å². The van der Waals surface area contributed by atoms with Crippen LogP contribution in [0.3, 0.4) is 0 Å². The largest absolute Gasteiger partial charge is 0.398 e. The SMILES string of the molecule is CC(C)(C)C1CCCN(Cc2ccc(Br)cc2N)CC1. The molecule has 2 nitrogen and oxygen atoms in total. The lowest BCUT2D eigenvalue weighted by Crippen LogP contribution is -2.26. The molecule has 1 unspecified atom stereocenters. The summed E-state index contributed by atoms with van der Waals surface area (Å²) in [5.74, 6) is 0.842. The Kier molecular flexibility index (Phi) is 5.14. The van der Waals surface area contributed by atoms with E-state index >= 15 is 0 Å². The zero-order valence-corrected chi connectivity index (χ0v) is 14.5. The van der Waals surface area contributed by atoms with Crippen LogP contribution in [-0.4, -0.2) is 18.0 Å². The molecule has 0 aromatic heterocycles. The van der Waals surface area contributed by atoms with Crippen molar-refractivity contribution in [3.63, 3.8) is 0 Å². The molecule has 2 rings (SSSR count). The van der Waals surface area contributed by atoms with E-state index in [0.29, 0.717) is 5.41 Å². The first-order chi connectivity index (χ1) is 9.36. The van der Waals surface area contributed by atoms with Crippen LogP contribution >= 0.6 is 15.9 Å². The van der Waals surface area contributed by atoms with Gasteiger partial charge in [-0.15, -0.1) is 0 Å². The summed E-state index contributed by atoms with van der Waals surface area (Å²) < 4.78 is 1.06. The Labute approximate surface area is 131 Å². The monoisotopic (exact) mass is 338 g/mol. The average molecular weight is 339 g/mol. The van der Waals surface area contributed by atoms with Gasteiger partial charge in [0.2, 0.25) is 0 Å². The second-order valence-corrected chi connectivity index (χ2v) is 8.03. The molecular formula is C17H27BrN2. The second kappa shape index (κ2) is 6.48. The Morgan fingerprint density at radius 1 is 1.25 bits per heavy atom. The van der Waals surface area contributed by atoms with E-state index in [1.165, 1.54) is 37.9 Å². The van der Waals surface area contributed by atoms with E-state index in [4.69, 9.17) is 5.73 Å². The van der Waals surface area contributed by atoms with Crippen LogP contribution < -0.4 is 5.73 Å². The van der Waals surface area contributed by atoms with Crippen molar-refractivity contribution in [1.29, 1.82) is 0 Å². The number of hydrogen-bond acceptors (Lipinski definition) is 2. The Bertz CT molecular complexity index is 451.